The van der Waals surface area contributed by atoms with Crippen LogP contribution in [0.25, 0.3) is 0 Å². The van der Waals surface area contributed by atoms with Gasteiger partial charge in [0.1, 0.15) is 0 Å². The van der Waals surface area contributed by atoms with Crippen LogP contribution < -0.4 is 5.32 Å². The van der Waals surface area contributed by atoms with Crippen LogP contribution in [0.5, 0.6) is 0 Å². The van der Waals surface area contributed by atoms with E-state index in [9.17, 15) is 4.79 Å². The lowest BCUT2D eigenvalue weighted by molar-refractivity contribution is -0.121. The highest BCUT2D eigenvalue weighted by molar-refractivity contribution is 7.12. The average Bonchev–Trinajstić information content (AvgIpc) is 3.05. The molecule has 1 amide bonds. The Morgan fingerprint density at radius 1 is 1.39 bits per heavy atom. The molecular formula is C17H25N3O2S. The van der Waals surface area contributed by atoms with E-state index in [2.05, 4.69) is 42.3 Å². The highest BCUT2D eigenvalue weighted by atomic mass is 32.1. The second-order valence-corrected chi connectivity index (χ2v) is 7.33. The number of amides is 1. The van der Waals surface area contributed by atoms with Gasteiger partial charge in [0.05, 0.1) is 6.04 Å². The fraction of sp³-hybridized carbons (Fsp3) is 0.588. The standard InChI is InChI=1S/C17H25N3O2S/c1-5-7-15-19-17(22-20-15)9-6-8-16(21)18-12(3)14-10-11(2)23-13(14)4/h10,12H,5-9H2,1-4H3,(H,18,21)/t12-/m0/s1. The zero-order valence-electron chi connectivity index (χ0n) is 14.3. The van der Waals surface area contributed by atoms with Gasteiger partial charge in [-0.1, -0.05) is 12.1 Å². The van der Waals surface area contributed by atoms with Gasteiger partial charge >= 0.3 is 0 Å². The predicted molar refractivity (Wildman–Crippen MR) is 91.6 cm³/mol. The Hall–Kier alpha value is -1.69. The van der Waals surface area contributed by atoms with Crippen molar-refractivity contribution in [2.45, 2.75) is 65.8 Å². The number of aryl methyl sites for hydroxylation is 4. The quantitative estimate of drug-likeness (QED) is 0.794. The van der Waals surface area contributed by atoms with E-state index < -0.39 is 0 Å². The second kappa shape index (κ2) is 8.24. The van der Waals surface area contributed by atoms with E-state index in [1.54, 1.807) is 11.3 Å². The maximum absolute atomic E-state index is 12.1. The first-order valence-electron chi connectivity index (χ1n) is 8.17. The van der Waals surface area contributed by atoms with E-state index in [0.29, 0.717) is 25.2 Å². The van der Waals surface area contributed by atoms with Crippen LogP contribution in [0.4, 0.5) is 0 Å². The molecule has 2 rings (SSSR count). The van der Waals surface area contributed by atoms with Crippen LogP contribution in [0.2, 0.25) is 0 Å². The summed E-state index contributed by atoms with van der Waals surface area (Å²) in [6, 6.07) is 2.20. The molecule has 23 heavy (non-hydrogen) atoms. The molecule has 1 N–H and O–H groups in total. The van der Waals surface area contributed by atoms with Crippen LogP contribution in [-0.2, 0) is 17.6 Å². The van der Waals surface area contributed by atoms with E-state index in [1.165, 1.54) is 15.3 Å². The van der Waals surface area contributed by atoms with E-state index in [-0.39, 0.29) is 11.9 Å². The first kappa shape index (κ1) is 17.7. The van der Waals surface area contributed by atoms with Crippen LogP contribution in [0.3, 0.4) is 0 Å². The molecule has 0 aromatic carbocycles. The molecule has 1 atom stereocenters. The molecule has 5 nitrogen and oxygen atoms in total. The molecule has 0 spiro atoms. The molecule has 2 aromatic rings. The van der Waals surface area contributed by atoms with Gasteiger partial charge in [-0.3, -0.25) is 4.79 Å². The van der Waals surface area contributed by atoms with Crippen LogP contribution in [0.1, 0.15) is 66.2 Å². The van der Waals surface area contributed by atoms with E-state index in [4.69, 9.17) is 4.52 Å². The molecule has 0 aliphatic carbocycles. The lowest BCUT2D eigenvalue weighted by Crippen LogP contribution is -2.26. The minimum Gasteiger partial charge on any atom is -0.350 e. The lowest BCUT2D eigenvalue weighted by Gasteiger charge is -2.13. The Kier molecular flexibility index (Phi) is 6.33. The van der Waals surface area contributed by atoms with Gasteiger partial charge in [-0.25, -0.2) is 0 Å². The summed E-state index contributed by atoms with van der Waals surface area (Å²) in [6.07, 6.45) is 3.67. The van der Waals surface area contributed by atoms with Gasteiger partial charge in [-0.15, -0.1) is 11.3 Å². The van der Waals surface area contributed by atoms with Crippen molar-refractivity contribution in [3.63, 3.8) is 0 Å². The molecule has 2 aromatic heterocycles. The van der Waals surface area contributed by atoms with Gasteiger partial charge in [-0.2, -0.15) is 4.98 Å². The lowest BCUT2D eigenvalue weighted by atomic mass is 10.1. The van der Waals surface area contributed by atoms with Gasteiger partial charge in [0.25, 0.3) is 0 Å². The van der Waals surface area contributed by atoms with Crippen LogP contribution >= 0.6 is 11.3 Å². The van der Waals surface area contributed by atoms with Crippen molar-refractivity contribution >= 4 is 17.2 Å². The van der Waals surface area contributed by atoms with Crippen LogP contribution in [0, 0.1) is 13.8 Å². The minimum atomic E-state index is 0.0482. The summed E-state index contributed by atoms with van der Waals surface area (Å²) in [5, 5.41) is 6.98. The largest absolute Gasteiger partial charge is 0.350 e. The van der Waals surface area contributed by atoms with Gasteiger partial charge in [0.2, 0.25) is 11.8 Å². The molecule has 0 radical (unpaired) electrons. The molecule has 0 saturated carbocycles. The molecule has 0 aliphatic rings. The summed E-state index contributed by atoms with van der Waals surface area (Å²) in [7, 11) is 0. The van der Waals surface area contributed by atoms with E-state index in [1.807, 2.05) is 6.92 Å². The number of thiophene rings is 1. The molecular weight excluding hydrogens is 310 g/mol. The highest BCUT2D eigenvalue weighted by Crippen LogP contribution is 2.26. The maximum Gasteiger partial charge on any atom is 0.226 e. The molecule has 0 bridgehead atoms. The van der Waals surface area contributed by atoms with Crippen molar-refractivity contribution in [3.05, 3.63) is 33.1 Å². The molecule has 0 fully saturated rings. The molecule has 0 unspecified atom stereocenters. The number of hydrogen-bond acceptors (Lipinski definition) is 5. The Morgan fingerprint density at radius 2 is 2.17 bits per heavy atom. The maximum atomic E-state index is 12.1. The summed E-state index contributed by atoms with van der Waals surface area (Å²) < 4.78 is 5.18. The fourth-order valence-corrected chi connectivity index (χ4v) is 3.61. The zero-order chi connectivity index (χ0) is 16.8. The van der Waals surface area contributed by atoms with E-state index in [0.717, 1.165) is 18.7 Å². The van der Waals surface area contributed by atoms with Crippen LogP contribution in [0.15, 0.2) is 10.6 Å². The first-order valence-corrected chi connectivity index (χ1v) is 8.99. The molecule has 0 saturated heterocycles. The van der Waals surface area contributed by atoms with Crippen LogP contribution in [-0.4, -0.2) is 16.0 Å². The highest BCUT2D eigenvalue weighted by Gasteiger charge is 2.14. The Morgan fingerprint density at radius 3 is 2.83 bits per heavy atom. The topological polar surface area (TPSA) is 68.0 Å². The second-order valence-electron chi connectivity index (χ2n) is 5.87. The fourth-order valence-electron chi connectivity index (χ4n) is 2.59. The molecule has 126 valence electrons. The van der Waals surface area contributed by atoms with Crippen molar-refractivity contribution in [1.82, 2.24) is 15.5 Å². The summed E-state index contributed by atoms with van der Waals surface area (Å²) in [6.45, 7) is 8.30. The number of carbonyl (C=O) groups excluding carboxylic acids is 1. The zero-order valence-corrected chi connectivity index (χ0v) is 15.1. The number of aromatic nitrogens is 2. The summed E-state index contributed by atoms with van der Waals surface area (Å²) >= 11 is 1.77. The van der Waals surface area contributed by atoms with Crippen molar-refractivity contribution in [3.8, 4) is 0 Å². The van der Waals surface area contributed by atoms with Crippen molar-refractivity contribution in [1.29, 1.82) is 0 Å². The predicted octanol–water partition coefficient (Wildman–Crippen LogP) is 3.90. The number of carbonyl (C=O) groups is 1. The number of nitrogens with zero attached hydrogens (tertiary/aromatic N) is 2. The smallest absolute Gasteiger partial charge is 0.226 e. The molecule has 6 heteroatoms. The summed E-state index contributed by atoms with van der Waals surface area (Å²) in [5.41, 5.74) is 1.21. The Labute approximate surface area is 141 Å². The van der Waals surface area contributed by atoms with Gasteiger partial charge in [0, 0.05) is 29.0 Å². The molecule has 0 aliphatic heterocycles. The van der Waals surface area contributed by atoms with E-state index >= 15 is 0 Å². The van der Waals surface area contributed by atoms with Crippen molar-refractivity contribution in [2.75, 3.05) is 0 Å². The summed E-state index contributed by atoms with van der Waals surface area (Å²) in [4.78, 5) is 18.9. The Balaban J connectivity index is 1.75. The molecule has 2 heterocycles. The van der Waals surface area contributed by atoms with Gasteiger partial charge in [-0.05, 0) is 45.2 Å². The number of nitrogens with one attached hydrogen (secondary N) is 1. The van der Waals surface area contributed by atoms with Crippen molar-refractivity contribution in [2.24, 2.45) is 0 Å². The number of hydrogen-bond donors (Lipinski definition) is 1. The van der Waals surface area contributed by atoms with Gasteiger partial charge < -0.3 is 9.84 Å². The summed E-state index contributed by atoms with van der Waals surface area (Å²) in [5.74, 6) is 1.44. The monoisotopic (exact) mass is 335 g/mol. The third kappa shape index (κ3) is 5.16. The average molecular weight is 335 g/mol. The first-order chi connectivity index (χ1) is 11.0. The number of rotatable bonds is 8. The van der Waals surface area contributed by atoms with Gasteiger partial charge in [0.15, 0.2) is 5.82 Å². The van der Waals surface area contributed by atoms with Crippen molar-refractivity contribution < 1.29 is 9.32 Å². The normalized spacial score (nSPS) is 12.3. The Bertz CT molecular complexity index is 648. The third-order valence-electron chi connectivity index (χ3n) is 3.70. The third-order valence-corrected chi connectivity index (χ3v) is 4.68. The minimum absolute atomic E-state index is 0.0482. The SMILES string of the molecule is CCCc1noc(CCCC(=O)N[C@@H](C)c2cc(C)sc2C)n1.